The smallest absolute Gasteiger partial charge is 0.326 e. The van der Waals surface area contributed by atoms with E-state index in [0.717, 1.165) is 10.4 Å². The Labute approximate surface area is 204 Å². The Morgan fingerprint density at radius 3 is 2.34 bits per heavy atom. The Hall–Kier alpha value is -4.38. The number of aromatic nitrogens is 2. The maximum absolute atomic E-state index is 12.3. The molecule has 4 rings (SSSR count). The second-order valence-electron chi connectivity index (χ2n) is 7.16. The van der Waals surface area contributed by atoms with Crippen molar-refractivity contribution in [2.75, 3.05) is 26.6 Å². The van der Waals surface area contributed by atoms with Gasteiger partial charge in [0.15, 0.2) is 11.5 Å². The fourth-order valence-corrected chi connectivity index (χ4v) is 3.88. The maximum atomic E-state index is 12.3. The molecule has 0 aliphatic carbocycles. The number of thiazole rings is 1. The summed E-state index contributed by atoms with van der Waals surface area (Å²) in [5.41, 5.74) is 1.20. The number of imide groups is 1. The van der Waals surface area contributed by atoms with E-state index in [0.29, 0.717) is 40.0 Å². The van der Waals surface area contributed by atoms with Crippen molar-refractivity contribution in [3.8, 4) is 28.7 Å². The first kappa shape index (κ1) is 23.8. The molecule has 3 amide bonds. The van der Waals surface area contributed by atoms with E-state index in [1.165, 1.54) is 18.4 Å². The highest BCUT2D eigenvalue weighted by atomic mass is 32.1. The Morgan fingerprint density at radius 1 is 0.914 bits per heavy atom. The molecule has 2 N–H and O–H groups in total. The van der Waals surface area contributed by atoms with Crippen molar-refractivity contribution in [3.63, 3.8) is 0 Å². The van der Waals surface area contributed by atoms with Gasteiger partial charge in [-0.1, -0.05) is 0 Å². The van der Waals surface area contributed by atoms with Gasteiger partial charge in [0, 0.05) is 29.1 Å². The van der Waals surface area contributed by atoms with Crippen molar-refractivity contribution < 1.29 is 28.5 Å². The van der Waals surface area contributed by atoms with Crippen LogP contribution in [0, 0.1) is 6.92 Å². The number of pyridine rings is 1. The molecule has 2 aromatic heterocycles. The number of nitrogens with one attached hydrogen (secondary N) is 2. The first-order valence-electron chi connectivity index (χ1n) is 10.3. The molecule has 10 nitrogen and oxygen atoms in total. The van der Waals surface area contributed by atoms with Crippen molar-refractivity contribution >= 4 is 39.9 Å². The number of carbonyl (C=O) groups is 2. The molecule has 180 valence electrons. The highest BCUT2D eigenvalue weighted by Crippen LogP contribution is 2.38. The van der Waals surface area contributed by atoms with E-state index in [1.807, 2.05) is 0 Å². The molecular weight excluding hydrogens is 472 g/mol. The van der Waals surface area contributed by atoms with Crippen LogP contribution in [0.15, 0.2) is 48.0 Å². The lowest BCUT2D eigenvalue weighted by Crippen LogP contribution is -2.34. The zero-order valence-corrected chi connectivity index (χ0v) is 20.2. The third kappa shape index (κ3) is 5.25. The van der Waals surface area contributed by atoms with Crippen LogP contribution in [0.25, 0.3) is 10.9 Å². The summed E-state index contributed by atoms with van der Waals surface area (Å²) in [5, 5.41) is 7.88. The zero-order chi connectivity index (χ0) is 24.9. The highest BCUT2D eigenvalue weighted by Gasteiger charge is 2.16. The molecule has 0 fully saturated rings. The number of anilines is 1. The molecule has 11 heteroatoms. The Bertz CT molecular complexity index is 1400. The largest absolute Gasteiger partial charge is 0.494 e. The Balaban J connectivity index is 1.53. The summed E-state index contributed by atoms with van der Waals surface area (Å²) in [6.45, 7) is 1.78. The molecule has 0 saturated carbocycles. The summed E-state index contributed by atoms with van der Waals surface area (Å²) in [6, 6.07) is 9.46. The Kier molecular flexibility index (Phi) is 6.97. The van der Waals surface area contributed by atoms with E-state index in [9.17, 15) is 9.59 Å². The second-order valence-corrected chi connectivity index (χ2v) is 8.22. The summed E-state index contributed by atoms with van der Waals surface area (Å²) in [5.74, 6) is 1.85. The number of hydrogen-bond donors (Lipinski definition) is 2. The number of ether oxygens (including phenoxy) is 4. The van der Waals surface area contributed by atoms with E-state index in [-0.39, 0.29) is 5.69 Å². The van der Waals surface area contributed by atoms with Gasteiger partial charge in [-0.05, 0) is 31.2 Å². The lowest BCUT2D eigenvalue weighted by Gasteiger charge is -2.14. The van der Waals surface area contributed by atoms with Gasteiger partial charge in [0.2, 0.25) is 0 Å². The lowest BCUT2D eigenvalue weighted by atomic mass is 10.2. The topological polar surface area (TPSA) is 121 Å². The number of aryl methyl sites for hydroxylation is 1. The molecule has 0 aliphatic heterocycles. The van der Waals surface area contributed by atoms with Gasteiger partial charge in [-0.2, -0.15) is 0 Å². The third-order valence-electron chi connectivity index (χ3n) is 4.93. The van der Waals surface area contributed by atoms with Crippen LogP contribution in [0.2, 0.25) is 0 Å². The molecule has 0 radical (unpaired) electrons. The SMILES string of the molecule is COc1cc(Oc2ccnc3cc(OC)c(OC)cc23)ccc1NC(=O)NC(=O)c1csc(C)n1. The molecule has 4 aromatic rings. The first-order chi connectivity index (χ1) is 16.9. The third-order valence-corrected chi connectivity index (χ3v) is 5.71. The van der Waals surface area contributed by atoms with Crippen molar-refractivity contribution in [1.82, 2.24) is 15.3 Å². The van der Waals surface area contributed by atoms with Gasteiger partial charge in [-0.15, -0.1) is 11.3 Å². The van der Waals surface area contributed by atoms with Crippen molar-refractivity contribution in [1.29, 1.82) is 0 Å². The van der Waals surface area contributed by atoms with E-state index in [2.05, 4.69) is 20.6 Å². The molecule has 2 aromatic carbocycles. The fourth-order valence-electron chi connectivity index (χ4n) is 3.29. The summed E-state index contributed by atoms with van der Waals surface area (Å²) >= 11 is 1.32. The summed E-state index contributed by atoms with van der Waals surface area (Å²) in [6.07, 6.45) is 1.63. The van der Waals surface area contributed by atoms with Crippen LogP contribution in [0.3, 0.4) is 0 Å². The van der Waals surface area contributed by atoms with Crippen LogP contribution >= 0.6 is 11.3 Å². The van der Waals surface area contributed by atoms with E-state index in [4.69, 9.17) is 18.9 Å². The molecule has 0 saturated heterocycles. The van der Waals surface area contributed by atoms with Crippen LogP contribution in [0.5, 0.6) is 28.7 Å². The number of nitrogens with zero attached hydrogens (tertiary/aromatic N) is 2. The van der Waals surface area contributed by atoms with Crippen molar-refractivity contribution in [3.05, 3.63) is 58.7 Å². The highest BCUT2D eigenvalue weighted by molar-refractivity contribution is 7.09. The number of amides is 3. The van der Waals surface area contributed by atoms with Gasteiger partial charge >= 0.3 is 6.03 Å². The van der Waals surface area contributed by atoms with Crippen LogP contribution < -0.4 is 29.6 Å². The van der Waals surface area contributed by atoms with E-state index in [1.54, 1.807) is 69.1 Å². The normalized spacial score (nSPS) is 10.5. The first-order valence-corrected chi connectivity index (χ1v) is 11.2. The summed E-state index contributed by atoms with van der Waals surface area (Å²) in [7, 11) is 4.57. The van der Waals surface area contributed by atoms with Crippen LogP contribution in [0.1, 0.15) is 15.5 Å². The van der Waals surface area contributed by atoms with Gasteiger partial charge in [-0.25, -0.2) is 9.78 Å². The molecule has 0 atom stereocenters. The number of fused-ring (bicyclic) bond motifs is 1. The number of carbonyl (C=O) groups excluding carboxylic acids is 2. The maximum Gasteiger partial charge on any atom is 0.326 e. The predicted molar refractivity (Wildman–Crippen MR) is 131 cm³/mol. The second kappa shape index (κ2) is 10.3. The number of benzene rings is 2. The number of rotatable bonds is 7. The monoisotopic (exact) mass is 494 g/mol. The van der Waals surface area contributed by atoms with E-state index >= 15 is 0 Å². The standard InChI is InChI=1S/C24H22N4O6S/c1-13-26-18(12-35-13)23(29)28-24(30)27-16-6-5-14(9-20(16)31-2)34-19-7-8-25-17-11-22(33-4)21(32-3)10-15(17)19/h5-12H,1-4H3,(H2,27,28,29,30). The predicted octanol–water partition coefficient (Wildman–Crippen LogP) is 4.78. The van der Waals surface area contributed by atoms with Gasteiger partial charge in [0.1, 0.15) is 22.9 Å². The van der Waals surface area contributed by atoms with Crippen LogP contribution in [0.4, 0.5) is 10.5 Å². The van der Waals surface area contributed by atoms with Gasteiger partial charge in [0.05, 0.1) is 37.5 Å². The van der Waals surface area contributed by atoms with Gasteiger partial charge in [-0.3, -0.25) is 15.1 Å². The average molecular weight is 495 g/mol. The minimum atomic E-state index is -0.714. The molecule has 35 heavy (non-hydrogen) atoms. The quantitative estimate of drug-likeness (QED) is 0.377. The molecular formula is C24H22N4O6S. The van der Waals surface area contributed by atoms with Crippen LogP contribution in [-0.4, -0.2) is 43.2 Å². The molecule has 2 heterocycles. The number of urea groups is 1. The molecule has 0 spiro atoms. The summed E-state index contributed by atoms with van der Waals surface area (Å²) in [4.78, 5) is 32.9. The minimum absolute atomic E-state index is 0.178. The molecule has 0 aliphatic rings. The van der Waals surface area contributed by atoms with E-state index < -0.39 is 11.9 Å². The fraction of sp³-hybridized carbons (Fsp3) is 0.167. The number of hydrogen-bond acceptors (Lipinski definition) is 9. The zero-order valence-electron chi connectivity index (χ0n) is 19.4. The lowest BCUT2D eigenvalue weighted by molar-refractivity contribution is 0.0962. The number of methoxy groups -OCH3 is 3. The Morgan fingerprint density at radius 2 is 1.66 bits per heavy atom. The minimum Gasteiger partial charge on any atom is -0.494 e. The van der Waals surface area contributed by atoms with Gasteiger partial charge < -0.3 is 24.3 Å². The van der Waals surface area contributed by atoms with Crippen molar-refractivity contribution in [2.24, 2.45) is 0 Å². The van der Waals surface area contributed by atoms with Gasteiger partial charge in [0.25, 0.3) is 5.91 Å². The molecule has 0 bridgehead atoms. The molecule has 0 unspecified atom stereocenters. The van der Waals surface area contributed by atoms with Crippen LogP contribution in [-0.2, 0) is 0 Å². The summed E-state index contributed by atoms with van der Waals surface area (Å²) < 4.78 is 22.2. The van der Waals surface area contributed by atoms with Crippen molar-refractivity contribution in [2.45, 2.75) is 6.92 Å². The average Bonchev–Trinajstić information content (AvgIpc) is 3.30.